The number of esters is 1. The summed E-state index contributed by atoms with van der Waals surface area (Å²) in [7, 11) is 1.50. The van der Waals surface area contributed by atoms with E-state index in [0.717, 1.165) is 12.8 Å². The summed E-state index contributed by atoms with van der Waals surface area (Å²) in [6.07, 6.45) is 1.96. The lowest BCUT2D eigenvalue weighted by molar-refractivity contribution is -0.137. The molecule has 1 aliphatic rings. The second-order valence-corrected chi connectivity index (χ2v) is 6.58. The van der Waals surface area contributed by atoms with Gasteiger partial charge in [-0.3, -0.25) is 9.59 Å². The minimum Gasteiger partial charge on any atom is -0.456 e. The largest absolute Gasteiger partial charge is 0.456 e. The summed E-state index contributed by atoms with van der Waals surface area (Å²) in [4.78, 5) is 37.5. The molecule has 146 valence electrons. The van der Waals surface area contributed by atoms with Crippen LogP contribution in [0.1, 0.15) is 23.2 Å². The van der Waals surface area contributed by atoms with Crippen molar-refractivity contribution in [1.29, 1.82) is 0 Å². The van der Waals surface area contributed by atoms with Crippen LogP contribution in [0, 0.1) is 0 Å². The summed E-state index contributed by atoms with van der Waals surface area (Å²) in [6, 6.07) is 15.9. The molecule has 0 heterocycles. The fourth-order valence-corrected chi connectivity index (χ4v) is 2.46. The van der Waals surface area contributed by atoms with Crippen LogP contribution in [-0.4, -0.2) is 48.9 Å². The number of likely N-dealkylation sites (N-methyl/N-ethyl adjacent to an activating group) is 1. The van der Waals surface area contributed by atoms with Gasteiger partial charge in [-0.15, -0.1) is 0 Å². The number of nitrogens with zero attached hydrogens (tertiary/aromatic N) is 1. The first-order valence-corrected chi connectivity index (χ1v) is 9.05. The zero-order valence-corrected chi connectivity index (χ0v) is 15.6. The third-order valence-electron chi connectivity index (χ3n) is 4.15. The molecule has 0 atom stereocenters. The number of hydrogen-bond donors (Lipinski definition) is 1. The van der Waals surface area contributed by atoms with Gasteiger partial charge in [0.05, 0.1) is 6.54 Å². The van der Waals surface area contributed by atoms with Crippen molar-refractivity contribution in [3.63, 3.8) is 0 Å². The van der Waals surface area contributed by atoms with Gasteiger partial charge in [-0.25, -0.2) is 4.79 Å². The number of benzene rings is 2. The zero-order chi connectivity index (χ0) is 19.9. The average molecular weight is 382 g/mol. The van der Waals surface area contributed by atoms with Gasteiger partial charge in [0, 0.05) is 13.1 Å². The molecular weight excluding hydrogens is 360 g/mol. The lowest BCUT2D eigenvalue weighted by Gasteiger charge is -2.17. The maximum absolute atomic E-state index is 12.4. The van der Waals surface area contributed by atoms with E-state index in [4.69, 9.17) is 9.47 Å². The molecule has 0 bridgehead atoms. The molecular formula is C21H22N2O5. The molecule has 1 N–H and O–H groups in total. The number of para-hydroxylation sites is 2. The Morgan fingerprint density at radius 3 is 2.43 bits per heavy atom. The van der Waals surface area contributed by atoms with E-state index in [1.165, 1.54) is 11.9 Å². The number of rotatable bonds is 8. The Morgan fingerprint density at radius 2 is 1.71 bits per heavy atom. The summed E-state index contributed by atoms with van der Waals surface area (Å²) < 4.78 is 10.9. The topological polar surface area (TPSA) is 84.9 Å². The van der Waals surface area contributed by atoms with Gasteiger partial charge in [0.15, 0.2) is 6.61 Å². The Bertz CT molecular complexity index is 849. The number of nitrogens with one attached hydrogen (secondary N) is 1. The lowest BCUT2D eigenvalue weighted by atomic mass is 10.2. The Kier molecular flexibility index (Phi) is 6.26. The van der Waals surface area contributed by atoms with E-state index in [2.05, 4.69) is 5.32 Å². The third kappa shape index (κ3) is 5.57. The SMILES string of the molecule is CN(CC(=O)NC1CC1)C(=O)COC(=O)c1ccccc1Oc1ccccc1. The van der Waals surface area contributed by atoms with Crippen LogP contribution in [0.3, 0.4) is 0 Å². The van der Waals surface area contributed by atoms with Gasteiger partial charge in [-0.2, -0.15) is 0 Å². The Labute approximate surface area is 163 Å². The molecule has 0 saturated heterocycles. The highest BCUT2D eigenvalue weighted by atomic mass is 16.5. The second kappa shape index (κ2) is 9.03. The van der Waals surface area contributed by atoms with Crippen LogP contribution < -0.4 is 10.1 Å². The van der Waals surface area contributed by atoms with E-state index in [9.17, 15) is 14.4 Å². The van der Waals surface area contributed by atoms with Crippen LogP contribution in [-0.2, 0) is 14.3 Å². The molecule has 2 aromatic carbocycles. The van der Waals surface area contributed by atoms with Crippen LogP contribution in [0.2, 0.25) is 0 Å². The predicted octanol–water partition coefficient (Wildman–Crippen LogP) is 2.37. The highest BCUT2D eigenvalue weighted by Crippen LogP contribution is 2.25. The van der Waals surface area contributed by atoms with Gasteiger partial charge in [-0.1, -0.05) is 30.3 Å². The fourth-order valence-electron chi connectivity index (χ4n) is 2.46. The molecule has 0 unspecified atom stereocenters. The van der Waals surface area contributed by atoms with Gasteiger partial charge >= 0.3 is 5.97 Å². The number of ether oxygens (including phenoxy) is 2. The third-order valence-corrected chi connectivity index (χ3v) is 4.15. The van der Waals surface area contributed by atoms with Crippen molar-refractivity contribution < 1.29 is 23.9 Å². The first kappa shape index (κ1) is 19.4. The van der Waals surface area contributed by atoms with Crippen molar-refractivity contribution >= 4 is 17.8 Å². The Hall–Kier alpha value is -3.35. The Morgan fingerprint density at radius 1 is 1.04 bits per heavy atom. The molecule has 1 saturated carbocycles. The minimum absolute atomic E-state index is 0.0689. The Balaban J connectivity index is 1.54. The number of carbonyl (C=O) groups is 3. The summed E-state index contributed by atoms with van der Waals surface area (Å²) in [5.41, 5.74) is 0.216. The van der Waals surface area contributed by atoms with Gasteiger partial charge in [0.1, 0.15) is 17.1 Å². The molecule has 2 amide bonds. The average Bonchev–Trinajstić information content (AvgIpc) is 3.50. The number of amides is 2. The molecule has 28 heavy (non-hydrogen) atoms. The smallest absolute Gasteiger partial charge is 0.342 e. The second-order valence-electron chi connectivity index (χ2n) is 6.58. The summed E-state index contributed by atoms with van der Waals surface area (Å²) >= 11 is 0. The van der Waals surface area contributed by atoms with E-state index in [1.54, 1.807) is 36.4 Å². The van der Waals surface area contributed by atoms with Crippen LogP contribution in [0.25, 0.3) is 0 Å². The van der Waals surface area contributed by atoms with Crippen molar-refractivity contribution in [1.82, 2.24) is 10.2 Å². The maximum Gasteiger partial charge on any atom is 0.342 e. The highest BCUT2D eigenvalue weighted by molar-refractivity contribution is 5.94. The van der Waals surface area contributed by atoms with Crippen LogP contribution in [0.5, 0.6) is 11.5 Å². The zero-order valence-electron chi connectivity index (χ0n) is 15.6. The molecule has 0 radical (unpaired) electrons. The van der Waals surface area contributed by atoms with E-state index >= 15 is 0 Å². The molecule has 3 rings (SSSR count). The van der Waals surface area contributed by atoms with E-state index < -0.39 is 18.5 Å². The first-order chi connectivity index (χ1) is 13.5. The summed E-state index contributed by atoms with van der Waals surface area (Å²) in [6.45, 7) is -0.522. The quantitative estimate of drug-likeness (QED) is 0.709. The molecule has 2 aromatic rings. The highest BCUT2D eigenvalue weighted by Gasteiger charge is 2.24. The first-order valence-electron chi connectivity index (χ1n) is 9.05. The standard InChI is InChI=1S/C21H22N2O5/c1-23(13-19(24)22-15-11-12-15)20(25)14-27-21(26)17-9-5-6-10-18(17)28-16-7-3-2-4-8-16/h2-10,15H,11-14H2,1H3,(H,22,24). The monoisotopic (exact) mass is 382 g/mol. The van der Waals surface area contributed by atoms with Crippen LogP contribution in [0.4, 0.5) is 0 Å². The van der Waals surface area contributed by atoms with E-state index in [0.29, 0.717) is 11.5 Å². The van der Waals surface area contributed by atoms with Crippen molar-refractivity contribution in [2.24, 2.45) is 0 Å². The van der Waals surface area contributed by atoms with Gasteiger partial charge in [0.2, 0.25) is 5.91 Å². The fraction of sp³-hybridized carbons (Fsp3) is 0.286. The van der Waals surface area contributed by atoms with Crippen molar-refractivity contribution in [3.8, 4) is 11.5 Å². The predicted molar refractivity (Wildman–Crippen MR) is 102 cm³/mol. The van der Waals surface area contributed by atoms with E-state index in [-0.39, 0.29) is 24.1 Å². The van der Waals surface area contributed by atoms with Crippen molar-refractivity contribution in [2.45, 2.75) is 18.9 Å². The normalized spacial score (nSPS) is 12.8. The van der Waals surface area contributed by atoms with Crippen molar-refractivity contribution in [2.75, 3.05) is 20.2 Å². The van der Waals surface area contributed by atoms with Crippen LogP contribution >= 0.6 is 0 Å². The molecule has 1 aliphatic carbocycles. The lowest BCUT2D eigenvalue weighted by Crippen LogP contribution is -2.40. The van der Waals surface area contributed by atoms with Crippen molar-refractivity contribution in [3.05, 3.63) is 60.2 Å². The minimum atomic E-state index is -0.671. The number of hydrogen-bond acceptors (Lipinski definition) is 5. The summed E-state index contributed by atoms with van der Waals surface area (Å²) in [5.74, 6) is -0.425. The van der Waals surface area contributed by atoms with Gasteiger partial charge in [-0.05, 0) is 37.1 Å². The molecule has 0 spiro atoms. The number of carbonyl (C=O) groups excluding carboxylic acids is 3. The molecule has 1 fully saturated rings. The van der Waals surface area contributed by atoms with Gasteiger partial charge in [0.25, 0.3) is 5.91 Å². The molecule has 7 nitrogen and oxygen atoms in total. The molecule has 0 aliphatic heterocycles. The molecule has 7 heteroatoms. The summed E-state index contributed by atoms with van der Waals surface area (Å²) in [5, 5.41) is 2.80. The molecule has 0 aromatic heterocycles. The van der Waals surface area contributed by atoms with Gasteiger partial charge < -0.3 is 19.7 Å². The van der Waals surface area contributed by atoms with E-state index in [1.807, 2.05) is 18.2 Å². The van der Waals surface area contributed by atoms with Crippen LogP contribution in [0.15, 0.2) is 54.6 Å². The maximum atomic E-state index is 12.4.